The molecule has 1 aliphatic rings. The predicted molar refractivity (Wildman–Crippen MR) is 80.3 cm³/mol. The van der Waals surface area contributed by atoms with E-state index < -0.39 is 6.10 Å². The van der Waals surface area contributed by atoms with E-state index >= 15 is 0 Å². The summed E-state index contributed by atoms with van der Waals surface area (Å²) in [4.78, 5) is 0. The molecule has 2 unspecified atom stereocenters. The lowest BCUT2D eigenvalue weighted by Crippen LogP contribution is -2.39. The molecule has 0 bridgehead atoms. The van der Waals surface area contributed by atoms with Gasteiger partial charge in [-0.3, -0.25) is 0 Å². The monoisotopic (exact) mass is 298 g/mol. The van der Waals surface area contributed by atoms with Crippen molar-refractivity contribution in [2.24, 2.45) is 5.92 Å². The number of halogens is 1. The van der Waals surface area contributed by atoms with Gasteiger partial charge in [-0.25, -0.2) is 0 Å². The van der Waals surface area contributed by atoms with Crippen molar-refractivity contribution in [1.82, 2.24) is 0 Å². The van der Waals surface area contributed by atoms with Crippen LogP contribution in [0.4, 0.5) is 0 Å². The highest BCUT2D eigenvalue weighted by atomic mass is 35.5. The lowest BCUT2D eigenvalue weighted by Gasteiger charge is -2.30. The second-order valence-corrected chi connectivity index (χ2v) is 7.05. The number of hydrogen-bond donors (Lipinski definition) is 1. The van der Waals surface area contributed by atoms with Crippen molar-refractivity contribution in [1.29, 1.82) is 0 Å². The fourth-order valence-corrected chi connectivity index (χ4v) is 3.24. The van der Waals surface area contributed by atoms with Crippen molar-refractivity contribution in [3.8, 4) is 5.75 Å². The molecule has 0 aromatic heterocycles. The minimum absolute atomic E-state index is 0.0525. The Morgan fingerprint density at radius 1 is 1.40 bits per heavy atom. The highest BCUT2D eigenvalue weighted by molar-refractivity contribution is 6.30. The second kappa shape index (κ2) is 5.55. The largest absolute Gasteiger partial charge is 0.491 e. The van der Waals surface area contributed by atoms with Crippen molar-refractivity contribution in [3.05, 3.63) is 29.3 Å². The molecule has 0 aliphatic carbocycles. The predicted octanol–water partition coefficient (Wildman–Crippen LogP) is 3.67. The van der Waals surface area contributed by atoms with E-state index in [2.05, 4.69) is 13.8 Å². The SMILES string of the molecule is CC1(C)CC(C(O)COc2cccc(Cl)c2)C(C)(C)O1. The Morgan fingerprint density at radius 3 is 2.65 bits per heavy atom. The highest BCUT2D eigenvalue weighted by Gasteiger charge is 2.48. The molecule has 1 fully saturated rings. The van der Waals surface area contributed by atoms with Gasteiger partial charge in [0.2, 0.25) is 0 Å². The average molecular weight is 299 g/mol. The third-order valence-corrected chi connectivity index (χ3v) is 4.06. The summed E-state index contributed by atoms with van der Waals surface area (Å²) in [6.07, 6.45) is 0.255. The third kappa shape index (κ3) is 3.66. The molecule has 3 nitrogen and oxygen atoms in total. The van der Waals surface area contributed by atoms with Gasteiger partial charge in [-0.1, -0.05) is 17.7 Å². The summed E-state index contributed by atoms with van der Waals surface area (Å²) in [6, 6.07) is 7.20. The van der Waals surface area contributed by atoms with Crippen LogP contribution in [0.2, 0.25) is 5.02 Å². The summed E-state index contributed by atoms with van der Waals surface area (Å²) in [5, 5.41) is 11.0. The second-order valence-electron chi connectivity index (χ2n) is 6.61. The molecule has 1 N–H and O–H groups in total. The number of aliphatic hydroxyl groups excluding tert-OH is 1. The first kappa shape index (κ1) is 15.6. The van der Waals surface area contributed by atoms with E-state index in [1.165, 1.54) is 0 Å². The Bertz CT molecular complexity index is 471. The molecule has 4 heteroatoms. The molecule has 112 valence electrons. The normalized spacial score (nSPS) is 25.4. The molecule has 1 heterocycles. The Morgan fingerprint density at radius 2 is 2.10 bits per heavy atom. The van der Waals surface area contributed by atoms with Crippen molar-refractivity contribution in [3.63, 3.8) is 0 Å². The maximum Gasteiger partial charge on any atom is 0.120 e. The van der Waals surface area contributed by atoms with Crippen LogP contribution in [0.3, 0.4) is 0 Å². The average Bonchev–Trinajstić information content (AvgIpc) is 2.54. The molecule has 1 aromatic carbocycles. The standard InChI is InChI=1S/C16H23ClO3/c1-15(2)9-13(16(3,4)20-15)14(18)10-19-12-7-5-6-11(17)8-12/h5-8,13-14,18H,9-10H2,1-4H3. The fraction of sp³-hybridized carbons (Fsp3) is 0.625. The van der Waals surface area contributed by atoms with Crippen LogP contribution in [0.5, 0.6) is 5.75 Å². The lowest BCUT2D eigenvalue weighted by molar-refractivity contribution is -0.0909. The summed E-state index contributed by atoms with van der Waals surface area (Å²) >= 11 is 5.91. The van der Waals surface area contributed by atoms with Crippen LogP contribution < -0.4 is 4.74 Å². The van der Waals surface area contributed by atoms with Gasteiger partial charge in [0.25, 0.3) is 0 Å². The zero-order valence-electron chi connectivity index (χ0n) is 12.5. The molecule has 2 rings (SSSR count). The van der Waals surface area contributed by atoms with E-state index in [0.717, 1.165) is 6.42 Å². The van der Waals surface area contributed by atoms with E-state index in [1.807, 2.05) is 26.0 Å². The van der Waals surface area contributed by atoms with Crippen LogP contribution >= 0.6 is 11.6 Å². The Balaban J connectivity index is 1.97. The van der Waals surface area contributed by atoms with Crippen LogP contribution in [-0.4, -0.2) is 29.0 Å². The first-order chi connectivity index (χ1) is 9.20. The third-order valence-electron chi connectivity index (χ3n) is 3.83. The molecule has 2 atom stereocenters. The number of hydrogen-bond acceptors (Lipinski definition) is 3. The van der Waals surface area contributed by atoms with Crippen LogP contribution in [0, 0.1) is 5.92 Å². The van der Waals surface area contributed by atoms with Gasteiger partial charge in [-0.15, -0.1) is 0 Å². The van der Waals surface area contributed by atoms with E-state index in [1.54, 1.807) is 12.1 Å². The highest BCUT2D eigenvalue weighted by Crippen LogP contribution is 2.43. The van der Waals surface area contributed by atoms with Gasteiger partial charge in [0.05, 0.1) is 17.3 Å². The lowest BCUT2D eigenvalue weighted by atomic mass is 9.83. The van der Waals surface area contributed by atoms with Crippen molar-refractivity contribution in [2.75, 3.05) is 6.61 Å². The molecule has 0 radical (unpaired) electrons. The molecular formula is C16H23ClO3. The Hall–Kier alpha value is -0.770. The Kier molecular flexibility index (Phi) is 4.33. The Labute approximate surface area is 125 Å². The van der Waals surface area contributed by atoms with Gasteiger partial charge < -0.3 is 14.6 Å². The van der Waals surface area contributed by atoms with Crippen LogP contribution in [0.25, 0.3) is 0 Å². The maximum absolute atomic E-state index is 10.4. The molecular weight excluding hydrogens is 276 g/mol. The van der Waals surface area contributed by atoms with Crippen molar-refractivity contribution in [2.45, 2.75) is 51.4 Å². The van der Waals surface area contributed by atoms with Gasteiger partial charge in [-0.2, -0.15) is 0 Å². The fourth-order valence-electron chi connectivity index (χ4n) is 3.06. The molecule has 20 heavy (non-hydrogen) atoms. The summed E-state index contributed by atoms with van der Waals surface area (Å²) in [5.74, 6) is 0.726. The molecule has 0 spiro atoms. The van der Waals surface area contributed by atoms with E-state index in [9.17, 15) is 5.11 Å². The van der Waals surface area contributed by atoms with Crippen LogP contribution in [0.1, 0.15) is 34.1 Å². The van der Waals surface area contributed by atoms with Crippen molar-refractivity contribution >= 4 is 11.6 Å². The van der Waals surface area contributed by atoms with Gasteiger partial charge >= 0.3 is 0 Å². The topological polar surface area (TPSA) is 38.7 Å². The maximum atomic E-state index is 10.4. The van der Waals surface area contributed by atoms with E-state index in [4.69, 9.17) is 21.1 Å². The molecule has 0 amide bonds. The number of rotatable bonds is 4. The van der Waals surface area contributed by atoms with E-state index in [-0.39, 0.29) is 23.7 Å². The van der Waals surface area contributed by atoms with Crippen LogP contribution in [-0.2, 0) is 4.74 Å². The number of benzene rings is 1. The summed E-state index contributed by atoms with van der Waals surface area (Å²) in [7, 11) is 0. The zero-order chi connectivity index (χ0) is 15.0. The van der Waals surface area contributed by atoms with Gasteiger partial charge in [0.15, 0.2) is 0 Å². The van der Waals surface area contributed by atoms with Gasteiger partial charge in [0.1, 0.15) is 12.4 Å². The molecule has 1 aliphatic heterocycles. The quantitative estimate of drug-likeness (QED) is 0.921. The molecule has 1 aromatic rings. The minimum atomic E-state index is -0.564. The summed E-state index contributed by atoms with van der Waals surface area (Å²) in [5.41, 5.74) is -0.550. The smallest absolute Gasteiger partial charge is 0.120 e. The van der Waals surface area contributed by atoms with Crippen LogP contribution in [0.15, 0.2) is 24.3 Å². The summed E-state index contributed by atoms with van der Waals surface area (Å²) < 4.78 is 11.6. The van der Waals surface area contributed by atoms with E-state index in [0.29, 0.717) is 10.8 Å². The molecule has 1 saturated heterocycles. The molecule has 0 saturated carbocycles. The number of aliphatic hydroxyl groups is 1. The van der Waals surface area contributed by atoms with Gasteiger partial charge in [0, 0.05) is 10.9 Å². The number of ether oxygens (including phenoxy) is 2. The first-order valence-electron chi connectivity index (χ1n) is 6.96. The summed E-state index contributed by atoms with van der Waals surface area (Å²) in [6.45, 7) is 8.40. The zero-order valence-corrected chi connectivity index (χ0v) is 13.3. The van der Waals surface area contributed by atoms with Crippen molar-refractivity contribution < 1.29 is 14.6 Å². The minimum Gasteiger partial charge on any atom is -0.491 e. The van der Waals surface area contributed by atoms with Gasteiger partial charge in [-0.05, 0) is 52.3 Å². The first-order valence-corrected chi connectivity index (χ1v) is 7.34.